The summed E-state index contributed by atoms with van der Waals surface area (Å²) in [5.41, 5.74) is 1.76. The molecule has 1 aliphatic heterocycles. The van der Waals surface area contributed by atoms with E-state index in [1.807, 2.05) is 31.2 Å². The predicted molar refractivity (Wildman–Crippen MR) is 80.2 cm³/mol. The van der Waals surface area contributed by atoms with E-state index in [0.29, 0.717) is 18.5 Å². The molecule has 20 heavy (non-hydrogen) atoms. The summed E-state index contributed by atoms with van der Waals surface area (Å²) in [6, 6.07) is 8.26. The van der Waals surface area contributed by atoms with Crippen LogP contribution in [0.4, 0.5) is 5.82 Å². The van der Waals surface area contributed by atoms with Crippen LogP contribution in [0, 0.1) is 0 Å². The number of nitrogens with one attached hydrogen (secondary N) is 2. The quantitative estimate of drug-likeness (QED) is 0.893. The molecule has 1 aliphatic rings. The Kier molecular flexibility index (Phi) is 3.97. The van der Waals surface area contributed by atoms with E-state index in [1.165, 1.54) is 6.42 Å². The Hall–Kier alpha value is -1.88. The largest absolute Gasteiger partial charge is 0.475 e. The molecule has 1 aromatic carbocycles. The molecule has 5 nitrogen and oxygen atoms in total. The van der Waals surface area contributed by atoms with Gasteiger partial charge in [0, 0.05) is 12.6 Å². The van der Waals surface area contributed by atoms with E-state index in [-0.39, 0.29) is 0 Å². The Balaban J connectivity index is 1.91. The smallest absolute Gasteiger partial charge is 0.258 e. The molecular weight excluding hydrogens is 252 g/mol. The summed E-state index contributed by atoms with van der Waals surface area (Å²) in [5, 5.41) is 6.86. The molecule has 5 heteroatoms. The minimum absolute atomic E-state index is 0.387. The molecule has 0 amide bonds. The van der Waals surface area contributed by atoms with E-state index in [2.05, 4.69) is 20.6 Å². The first-order valence-electron chi connectivity index (χ1n) is 7.23. The maximum atomic E-state index is 5.63. The van der Waals surface area contributed by atoms with Gasteiger partial charge in [-0.25, -0.2) is 9.97 Å². The number of ether oxygens (including phenoxy) is 1. The number of nitrogens with zero attached hydrogens (tertiary/aromatic N) is 2. The van der Waals surface area contributed by atoms with Crippen LogP contribution in [0.1, 0.15) is 19.8 Å². The first kappa shape index (κ1) is 13.1. The van der Waals surface area contributed by atoms with Crippen LogP contribution in [0.5, 0.6) is 5.88 Å². The van der Waals surface area contributed by atoms with Crippen molar-refractivity contribution in [3.8, 4) is 5.88 Å². The zero-order chi connectivity index (χ0) is 13.8. The first-order chi connectivity index (χ1) is 9.86. The Labute approximate surface area is 118 Å². The maximum Gasteiger partial charge on any atom is 0.258 e. The summed E-state index contributed by atoms with van der Waals surface area (Å²) in [6.45, 7) is 4.60. The summed E-state index contributed by atoms with van der Waals surface area (Å²) >= 11 is 0. The lowest BCUT2D eigenvalue weighted by atomic mass is 10.1. The van der Waals surface area contributed by atoms with Gasteiger partial charge in [-0.3, -0.25) is 0 Å². The third-order valence-corrected chi connectivity index (χ3v) is 3.46. The number of hydrogen-bond acceptors (Lipinski definition) is 5. The van der Waals surface area contributed by atoms with E-state index in [4.69, 9.17) is 4.74 Å². The van der Waals surface area contributed by atoms with Crippen molar-refractivity contribution in [1.29, 1.82) is 0 Å². The molecule has 0 radical (unpaired) electrons. The van der Waals surface area contributed by atoms with Crippen LogP contribution >= 0.6 is 0 Å². The van der Waals surface area contributed by atoms with Crippen molar-refractivity contribution in [1.82, 2.24) is 15.3 Å². The number of piperidine rings is 1. The van der Waals surface area contributed by atoms with E-state index < -0.39 is 0 Å². The number of benzene rings is 1. The fourth-order valence-electron chi connectivity index (χ4n) is 2.48. The van der Waals surface area contributed by atoms with Crippen molar-refractivity contribution in [3.63, 3.8) is 0 Å². The Bertz CT molecular complexity index is 581. The highest BCUT2D eigenvalue weighted by molar-refractivity contribution is 5.77. The molecule has 106 valence electrons. The van der Waals surface area contributed by atoms with E-state index in [0.717, 1.165) is 36.4 Å². The number of hydrogen-bond donors (Lipinski definition) is 2. The second kappa shape index (κ2) is 6.05. The SMILES string of the molecule is CCOc1nc2ccccc2nc1NC1CCCNC1. The molecule has 1 unspecified atom stereocenters. The zero-order valence-electron chi connectivity index (χ0n) is 11.7. The van der Waals surface area contributed by atoms with Gasteiger partial charge in [-0.1, -0.05) is 12.1 Å². The lowest BCUT2D eigenvalue weighted by Gasteiger charge is -2.25. The molecule has 0 saturated carbocycles. The average Bonchev–Trinajstić information content (AvgIpc) is 2.49. The Morgan fingerprint density at radius 2 is 2.10 bits per heavy atom. The van der Waals surface area contributed by atoms with Crippen LogP contribution in [-0.2, 0) is 0 Å². The van der Waals surface area contributed by atoms with Gasteiger partial charge in [0.05, 0.1) is 17.6 Å². The average molecular weight is 272 g/mol. The van der Waals surface area contributed by atoms with Crippen LogP contribution in [0.15, 0.2) is 24.3 Å². The lowest BCUT2D eigenvalue weighted by molar-refractivity contribution is 0.327. The molecule has 2 N–H and O–H groups in total. The van der Waals surface area contributed by atoms with Crippen LogP contribution in [0.2, 0.25) is 0 Å². The third-order valence-electron chi connectivity index (χ3n) is 3.46. The Morgan fingerprint density at radius 3 is 2.80 bits per heavy atom. The molecular formula is C15H20N4O. The van der Waals surface area contributed by atoms with Gasteiger partial charge < -0.3 is 15.4 Å². The second-order valence-electron chi connectivity index (χ2n) is 4.99. The van der Waals surface area contributed by atoms with E-state index in [1.54, 1.807) is 0 Å². The van der Waals surface area contributed by atoms with Crippen molar-refractivity contribution in [3.05, 3.63) is 24.3 Å². The summed E-state index contributed by atoms with van der Waals surface area (Å²) < 4.78 is 5.63. The van der Waals surface area contributed by atoms with Gasteiger partial charge in [0.25, 0.3) is 5.88 Å². The third kappa shape index (κ3) is 2.82. The maximum absolute atomic E-state index is 5.63. The summed E-state index contributed by atoms with van der Waals surface area (Å²) in [5.74, 6) is 1.34. The van der Waals surface area contributed by atoms with Gasteiger partial charge in [-0.15, -0.1) is 0 Å². The highest BCUT2D eigenvalue weighted by Crippen LogP contribution is 2.24. The molecule has 3 rings (SSSR count). The molecule has 0 spiro atoms. The fraction of sp³-hybridized carbons (Fsp3) is 0.467. The lowest BCUT2D eigenvalue weighted by Crippen LogP contribution is -2.38. The number of aromatic nitrogens is 2. The number of rotatable bonds is 4. The predicted octanol–water partition coefficient (Wildman–Crippen LogP) is 2.19. The highest BCUT2D eigenvalue weighted by atomic mass is 16.5. The van der Waals surface area contributed by atoms with Gasteiger partial charge in [-0.2, -0.15) is 0 Å². The minimum Gasteiger partial charge on any atom is -0.475 e. The van der Waals surface area contributed by atoms with Gasteiger partial charge >= 0.3 is 0 Å². The molecule has 2 heterocycles. The van der Waals surface area contributed by atoms with Crippen molar-refractivity contribution in [2.45, 2.75) is 25.8 Å². The standard InChI is InChI=1S/C15H20N4O/c1-2-20-15-14(17-11-6-5-9-16-10-11)18-12-7-3-4-8-13(12)19-15/h3-4,7-8,11,16H,2,5-6,9-10H2,1H3,(H,17,18). The van der Waals surface area contributed by atoms with Crippen molar-refractivity contribution < 1.29 is 4.74 Å². The molecule has 2 aromatic rings. The monoisotopic (exact) mass is 272 g/mol. The van der Waals surface area contributed by atoms with Crippen LogP contribution in [0.25, 0.3) is 11.0 Å². The topological polar surface area (TPSA) is 59.1 Å². The minimum atomic E-state index is 0.387. The number of fused-ring (bicyclic) bond motifs is 1. The summed E-state index contributed by atoms with van der Waals surface area (Å²) in [7, 11) is 0. The second-order valence-corrected chi connectivity index (χ2v) is 4.99. The van der Waals surface area contributed by atoms with Gasteiger partial charge in [0.2, 0.25) is 0 Å². The first-order valence-corrected chi connectivity index (χ1v) is 7.23. The number of para-hydroxylation sites is 2. The van der Waals surface area contributed by atoms with E-state index >= 15 is 0 Å². The normalized spacial score (nSPS) is 18.9. The highest BCUT2D eigenvalue weighted by Gasteiger charge is 2.17. The molecule has 1 saturated heterocycles. The van der Waals surface area contributed by atoms with Gasteiger partial charge in [0.15, 0.2) is 5.82 Å². The van der Waals surface area contributed by atoms with Crippen LogP contribution < -0.4 is 15.4 Å². The van der Waals surface area contributed by atoms with Gasteiger partial charge in [-0.05, 0) is 38.4 Å². The summed E-state index contributed by atoms with van der Waals surface area (Å²) in [4.78, 5) is 9.22. The molecule has 0 aliphatic carbocycles. The molecule has 0 bridgehead atoms. The van der Waals surface area contributed by atoms with Gasteiger partial charge in [0.1, 0.15) is 0 Å². The number of anilines is 1. The summed E-state index contributed by atoms with van der Waals surface area (Å²) in [6.07, 6.45) is 2.33. The van der Waals surface area contributed by atoms with Crippen LogP contribution in [-0.4, -0.2) is 35.7 Å². The Morgan fingerprint density at radius 1 is 1.30 bits per heavy atom. The van der Waals surface area contributed by atoms with Crippen molar-refractivity contribution in [2.24, 2.45) is 0 Å². The molecule has 1 aromatic heterocycles. The van der Waals surface area contributed by atoms with Crippen molar-refractivity contribution in [2.75, 3.05) is 25.0 Å². The molecule has 1 atom stereocenters. The molecule has 1 fully saturated rings. The van der Waals surface area contributed by atoms with Crippen molar-refractivity contribution >= 4 is 16.9 Å². The zero-order valence-corrected chi connectivity index (χ0v) is 11.7. The van der Waals surface area contributed by atoms with Crippen LogP contribution in [0.3, 0.4) is 0 Å². The van der Waals surface area contributed by atoms with E-state index in [9.17, 15) is 0 Å². The fourth-order valence-corrected chi connectivity index (χ4v) is 2.48.